The van der Waals surface area contributed by atoms with Crippen LogP contribution < -0.4 is 4.72 Å². The molecule has 124 valence electrons. The van der Waals surface area contributed by atoms with E-state index in [4.69, 9.17) is 4.52 Å². The molecular weight excluding hydrogens is 319 g/mol. The number of sulfonamides is 1. The largest absolute Gasteiger partial charge is 0.364 e. The summed E-state index contributed by atoms with van der Waals surface area (Å²) in [4.78, 5) is 0. The summed E-state index contributed by atoms with van der Waals surface area (Å²) in [6.07, 6.45) is 4.45. The lowest BCUT2D eigenvalue weighted by Crippen LogP contribution is -2.37. The first kappa shape index (κ1) is 16.1. The number of rotatable bonds is 6. The zero-order valence-corrected chi connectivity index (χ0v) is 13.6. The van der Waals surface area contributed by atoms with Crippen LogP contribution in [0, 0.1) is 18.7 Å². The van der Waals surface area contributed by atoms with Gasteiger partial charge in [0.25, 0.3) is 0 Å². The van der Waals surface area contributed by atoms with Crippen molar-refractivity contribution < 1.29 is 17.3 Å². The van der Waals surface area contributed by atoms with Crippen LogP contribution >= 0.6 is 0 Å². The molecule has 0 spiro atoms. The van der Waals surface area contributed by atoms with Crippen molar-refractivity contribution in [3.05, 3.63) is 53.2 Å². The zero-order chi connectivity index (χ0) is 16.4. The lowest BCUT2D eigenvalue weighted by atomic mass is 9.77. The third-order valence-electron chi connectivity index (χ3n) is 4.33. The molecule has 23 heavy (non-hydrogen) atoms. The number of halogens is 1. The van der Waals surface area contributed by atoms with Gasteiger partial charge in [-0.2, -0.15) is 0 Å². The highest BCUT2D eigenvalue weighted by atomic mass is 32.2. The minimum absolute atomic E-state index is 0.222. The Labute approximate surface area is 134 Å². The molecule has 1 aliphatic rings. The number of benzene rings is 1. The first-order valence-corrected chi connectivity index (χ1v) is 9.25. The molecule has 1 N–H and O–H groups in total. The van der Waals surface area contributed by atoms with E-state index < -0.39 is 10.0 Å². The molecular formula is C16H19FN2O3S. The van der Waals surface area contributed by atoms with Crippen molar-refractivity contribution in [1.82, 2.24) is 9.88 Å². The number of aromatic nitrogens is 1. The maximum atomic E-state index is 13.1. The van der Waals surface area contributed by atoms with Gasteiger partial charge in [-0.1, -0.05) is 23.7 Å². The van der Waals surface area contributed by atoms with Crippen LogP contribution in [-0.2, 0) is 15.8 Å². The third-order valence-corrected chi connectivity index (χ3v) is 5.60. The Morgan fingerprint density at radius 1 is 1.35 bits per heavy atom. The van der Waals surface area contributed by atoms with E-state index in [0.717, 1.165) is 24.8 Å². The molecule has 1 fully saturated rings. The summed E-state index contributed by atoms with van der Waals surface area (Å²) < 4.78 is 45.6. The number of aryl methyl sites for hydroxylation is 1. The Balaban J connectivity index is 1.80. The van der Waals surface area contributed by atoms with Gasteiger partial charge in [0, 0.05) is 11.6 Å². The van der Waals surface area contributed by atoms with Crippen LogP contribution in [0.1, 0.15) is 42.1 Å². The molecule has 2 aromatic rings. The fourth-order valence-corrected chi connectivity index (χ4v) is 4.18. The SMILES string of the molecule is Cc1conc1CS(=O)(=O)NC(c1ccc(F)cc1)C1CCC1. The maximum absolute atomic E-state index is 13.1. The molecule has 1 saturated carbocycles. The van der Waals surface area contributed by atoms with E-state index in [-0.39, 0.29) is 23.5 Å². The van der Waals surface area contributed by atoms with Gasteiger partial charge in [-0.05, 0) is 43.4 Å². The highest BCUT2D eigenvalue weighted by molar-refractivity contribution is 7.88. The molecule has 1 atom stereocenters. The van der Waals surface area contributed by atoms with Gasteiger partial charge in [-0.3, -0.25) is 0 Å². The summed E-state index contributed by atoms with van der Waals surface area (Å²) in [6.45, 7) is 1.75. The normalized spacial score (nSPS) is 17.0. The van der Waals surface area contributed by atoms with E-state index in [1.165, 1.54) is 18.4 Å². The minimum Gasteiger partial charge on any atom is -0.364 e. The molecule has 3 rings (SSSR count). The number of nitrogens with zero attached hydrogens (tertiary/aromatic N) is 1. The highest BCUT2D eigenvalue weighted by Crippen LogP contribution is 2.38. The average molecular weight is 338 g/mol. The summed E-state index contributed by atoms with van der Waals surface area (Å²) in [5.41, 5.74) is 1.90. The monoisotopic (exact) mass is 338 g/mol. The molecule has 0 aliphatic heterocycles. The predicted molar refractivity (Wildman–Crippen MR) is 83.5 cm³/mol. The van der Waals surface area contributed by atoms with E-state index in [1.807, 2.05) is 0 Å². The second-order valence-electron chi connectivity index (χ2n) is 6.04. The number of hydrogen-bond donors (Lipinski definition) is 1. The summed E-state index contributed by atoms with van der Waals surface area (Å²) >= 11 is 0. The second kappa shape index (κ2) is 6.41. The van der Waals surface area contributed by atoms with Crippen LogP contribution in [0.5, 0.6) is 0 Å². The van der Waals surface area contributed by atoms with Crippen LogP contribution in [0.2, 0.25) is 0 Å². The number of nitrogens with one attached hydrogen (secondary N) is 1. The summed E-state index contributed by atoms with van der Waals surface area (Å²) in [7, 11) is -3.57. The molecule has 1 unspecified atom stereocenters. The van der Waals surface area contributed by atoms with Crippen molar-refractivity contribution in [3.8, 4) is 0 Å². The van der Waals surface area contributed by atoms with Crippen LogP contribution in [0.4, 0.5) is 4.39 Å². The number of hydrogen-bond acceptors (Lipinski definition) is 4. The van der Waals surface area contributed by atoms with Gasteiger partial charge < -0.3 is 4.52 Å². The van der Waals surface area contributed by atoms with Gasteiger partial charge in [0.05, 0.1) is 0 Å². The van der Waals surface area contributed by atoms with E-state index >= 15 is 0 Å². The molecule has 0 amide bonds. The highest BCUT2D eigenvalue weighted by Gasteiger charge is 2.32. The topological polar surface area (TPSA) is 72.2 Å². The van der Waals surface area contributed by atoms with Crippen LogP contribution in [-0.4, -0.2) is 13.6 Å². The van der Waals surface area contributed by atoms with Crippen molar-refractivity contribution in [1.29, 1.82) is 0 Å². The fraction of sp³-hybridized carbons (Fsp3) is 0.438. The van der Waals surface area contributed by atoms with E-state index in [1.54, 1.807) is 19.1 Å². The molecule has 1 aliphatic carbocycles. The first-order chi connectivity index (χ1) is 10.9. The minimum atomic E-state index is -3.57. The first-order valence-electron chi connectivity index (χ1n) is 7.60. The van der Waals surface area contributed by atoms with Crippen LogP contribution in [0.15, 0.2) is 35.1 Å². The fourth-order valence-electron chi connectivity index (χ4n) is 2.74. The lowest BCUT2D eigenvalue weighted by Gasteiger charge is -2.34. The molecule has 0 bridgehead atoms. The maximum Gasteiger partial charge on any atom is 0.218 e. The molecule has 1 aromatic carbocycles. The molecule has 1 aromatic heterocycles. The van der Waals surface area contributed by atoms with Gasteiger partial charge in [0.2, 0.25) is 10.0 Å². The Morgan fingerprint density at radius 3 is 2.57 bits per heavy atom. The van der Waals surface area contributed by atoms with Crippen molar-refractivity contribution >= 4 is 10.0 Å². The van der Waals surface area contributed by atoms with Gasteiger partial charge >= 0.3 is 0 Å². The third kappa shape index (κ3) is 3.79. The smallest absolute Gasteiger partial charge is 0.218 e. The Kier molecular flexibility index (Phi) is 4.50. The van der Waals surface area contributed by atoms with E-state index in [0.29, 0.717) is 11.3 Å². The molecule has 0 saturated heterocycles. The standard InChI is InChI=1S/C16H19FN2O3S/c1-11-9-22-18-15(11)10-23(20,21)19-16(12-3-2-4-12)13-5-7-14(17)8-6-13/h5-9,12,16,19H,2-4,10H2,1H3. The van der Waals surface area contributed by atoms with Gasteiger partial charge in [0.15, 0.2) is 0 Å². The Bertz CT molecular complexity index is 767. The van der Waals surface area contributed by atoms with Crippen molar-refractivity contribution in [2.45, 2.75) is 38.0 Å². The van der Waals surface area contributed by atoms with Gasteiger partial charge in [0.1, 0.15) is 23.5 Å². The van der Waals surface area contributed by atoms with E-state index in [9.17, 15) is 12.8 Å². The van der Waals surface area contributed by atoms with Gasteiger partial charge in [-0.25, -0.2) is 17.5 Å². The van der Waals surface area contributed by atoms with Crippen molar-refractivity contribution in [2.75, 3.05) is 0 Å². The Hall–Kier alpha value is -1.73. The molecule has 1 heterocycles. The Morgan fingerprint density at radius 2 is 2.04 bits per heavy atom. The predicted octanol–water partition coefficient (Wildman–Crippen LogP) is 3.08. The summed E-state index contributed by atoms with van der Waals surface area (Å²) in [5.74, 6) is -0.310. The molecule has 5 nitrogen and oxygen atoms in total. The quantitative estimate of drug-likeness (QED) is 0.878. The van der Waals surface area contributed by atoms with Crippen molar-refractivity contribution in [3.63, 3.8) is 0 Å². The zero-order valence-electron chi connectivity index (χ0n) is 12.8. The molecule has 0 radical (unpaired) electrons. The summed E-state index contributed by atoms with van der Waals surface area (Å²) in [5, 5.41) is 3.73. The summed E-state index contributed by atoms with van der Waals surface area (Å²) in [6, 6.07) is 5.67. The molecule has 7 heteroatoms. The van der Waals surface area contributed by atoms with Gasteiger partial charge in [-0.15, -0.1) is 0 Å². The van der Waals surface area contributed by atoms with Crippen LogP contribution in [0.25, 0.3) is 0 Å². The van der Waals surface area contributed by atoms with E-state index in [2.05, 4.69) is 9.88 Å². The lowest BCUT2D eigenvalue weighted by molar-refractivity contribution is 0.251. The second-order valence-corrected chi connectivity index (χ2v) is 7.80. The van der Waals surface area contributed by atoms with Crippen molar-refractivity contribution in [2.24, 2.45) is 5.92 Å². The van der Waals surface area contributed by atoms with Crippen LogP contribution in [0.3, 0.4) is 0 Å². The average Bonchev–Trinajstić information content (AvgIpc) is 2.81.